The third-order valence-corrected chi connectivity index (χ3v) is 4.77. The van der Waals surface area contributed by atoms with E-state index in [2.05, 4.69) is 10.6 Å². The number of alkyl carbamates (subject to hydrolysis) is 1. The molecule has 1 aromatic carbocycles. The maximum absolute atomic E-state index is 13.7. The summed E-state index contributed by atoms with van der Waals surface area (Å²) in [5, 5.41) is 5.76. The van der Waals surface area contributed by atoms with Crippen LogP contribution in [0, 0.1) is 5.82 Å². The van der Waals surface area contributed by atoms with Crippen LogP contribution in [0.1, 0.15) is 38.3 Å². The Kier molecular flexibility index (Phi) is 7.34. The number of urea groups is 1. The van der Waals surface area contributed by atoms with Crippen LogP contribution in [-0.4, -0.2) is 42.8 Å². The molecule has 1 aromatic rings. The number of rotatable bonds is 4. The van der Waals surface area contributed by atoms with Gasteiger partial charge in [-0.25, -0.2) is 14.0 Å². The first-order chi connectivity index (χ1) is 12.3. The zero-order valence-electron chi connectivity index (χ0n) is 14.7. The maximum atomic E-state index is 13.7. The topological polar surface area (TPSA) is 70.7 Å². The highest BCUT2D eigenvalue weighted by atomic mass is 35.5. The second kappa shape index (κ2) is 9.28. The summed E-state index contributed by atoms with van der Waals surface area (Å²) in [6.45, 7) is 4.68. The van der Waals surface area contributed by atoms with Crippen molar-refractivity contribution >= 4 is 35.3 Å². The minimum absolute atomic E-state index is 0.0683. The van der Waals surface area contributed by atoms with E-state index < -0.39 is 18.0 Å². The van der Waals surface area contributed by atoms with Gasteiger partial charge in [0.15, 0.2) is 0 Å². The van der Waals surface area contributed by atoms with Gasteiger partial charge in [0, 0.05) is 24.2 Å². The fourth-order valence-corrected chi connectivity index (χ4v) is 3.39. The maximum Gasteiger partial charge on any atom is 0.407 e. The summed E-state index contributed by atoms with van der Waals surface area (Å²) < 4.78 is 18.5. The standard InChI is InChI=1S/C17H22Cl2FN3O3/c1-3-26-17(25)22-11-5-4-6-23(9-11)16(24)21-10(2)12-7-15(20)14(19)8-13(12)18/h7-8,10-11H,3-6,9H2,1-2H3,(H,21,24)(H,22,25). The zero-order chi connectivity index (χ0) is 19.3. The van der Waals surface area contributed by atoms with E-state index in [-0.39, 0.29) is 22.1 Å². The molecule has 144 valence electrons. The number of ether oxygens (including phenoxy) is 1. The van der Waals surface area contributed by atoms with Gasteiger partial charge in [0.25, 0.3) is 0 Å². The summed E-state index contributed by atoms with van der Waals surface area (Å²) in [4.78, 5) is 25.7. The van der Waals surface area contributed by atoms with E-state index in [1.807, 2.05) is 0 Å². The first kappa shape index (κ1) is 20.6. The fourth-order valence-electron chi connectivity index (χ4n) is 2.84. The van der Waals surface area contributed by atoms with Crippen LogP contribution >= 0.6 is 23.2 Å². The molecule has 1 saturated heterocycles. The monoisotopic (exact) mass is 405 g/mol. The van der Waals surface area contributed by atoms with Crippen molar-refractivity contribution in [3.8, 4) is 0 Å². The number of amides is 3. The molecule has 0 aliphatic carbocycles. The molecule has 2 N–H and O–H groups in total. The van der Waals surface area contributed by atoms with Gasteiger partial charge in [0.05, 0.1) is 17.7 Å². The van der Waals surface area contributed by atoms with E-state index in [9.17, 15) is 14.0 Å². The van der Waals surface area contributed by atoms with Crippen molar-refractivity contribution in [3.05, 3.63) is 33.6 Å². The average molecular weight is 406 g/mol. The van der Waals surface area contributed by atoms with Crippen molar-refractivity contribution in [2.45, 2.75) is 38.8 Å². The molecule has 0 bridgehead atoms. The van der Waals surface area contributed by atoms with E-state index >= 15 is 0 Å². The molecule has 6 nitrogen and oxygen atoms in total. The van der Waals surface area contributed by atoms with Crippen molar-refractivity contribution in [1.82, 2.24) is 15.5 Å². The Hall–Kier alpha value is -1.73. The Balaban J connectivity index is 1.96. The molecule has 2 unspecified atom stereocenters. The van der Waals surface area contributed by atoms with Crippen molar-refractivity contribution in [1.29, 1.82) is 0 Å². The minimum atomic E-state index is -0.594. The number of halogens is 3. The first-order valence-corrected chi connectivity index (χ1v) is 9.20. The van der Waals surface area contributed by atoms with Gasteiger partial charge < -0.3 is 20.3 Å². The van der Waals surface area contributed by atoms with E-state index in [0.29, 0.717) is 25.3 Å². The third kappa shape index (κ3) is 5.38. The quantitative estimate of drug-likeness (QED) is 0.740. The Morgan fingerprint density at radius 3 is 2.81 bits per heavy atom. The average Bonchev–Trinajstić information content (AvgIpc) is 2.58. The van der Waals surface area contributed by atoms with E-state index in [4.69, 9.17) is 27.9 Å². The molecular weight excluding hydrogens is 384 g/mol. The van der Waals surface area contributed by atoms with E-state index in [1.54, 1.807) is 18.7 Å². The van der Waals surface area contributed by atoms with Gasteiger partial charge in [-0.15, -0.1) is 0 Å². The van der Waals surface area contributed by atoms with Gasteiger partial charge in [-0.3, -0.25) is 0 Å². The first-order valence-electron chi connectivity index (χ1n) is 8.45. The molecule has 3 amide bonds. The van der Waals surface area contributed by atoms with Crippen LogP contribution in [-0.2, 0) is 4.74 Å². The molecule has 1 fully saturated rings. The zero-order valence-corrected chi connectivity index (χ0v) is 16.2. The summed E-state index contributed by atoms with van der Waals surface area (Å²) >= 11 is 11.8. The molecule has 1 aliphatic heterocycles. The van der Waals surface area contributed by atoms with Crippen LogP contribution in [0.5, 0.6) is 0 Å². The molecule has 2 atom stereocenters. The summed E-state index contributed by atoms with van der Waals surface area (Å²) in [5.41, 5.74) is 0.445. The predicted octanol–water partition coefficient (Wildman–Crippen LogP) is 4.11. The van der Waals surface area contributed by atoms with Gasteiger partial charge in [-0.05, 0) is 44.4 Å². The molecule has 26 heavy (non-hydrogen) atoms. The second-order valence-corrected chi connectivity index (χ2v) is 6.92. The lowest BCUT2D eigenvalue weighted by Crippen LogP contribution is -2.52. The smallest absolute Gasteiger partial charge is 0.407 e. The summed E-state index contributed by atoms with van der Waals surface area (Å²) in [5.74, 6) is -0.594. The molecule has 0 aromatic heterocycles. The molecule has 0 saturated carbocycles. The number of hydrogen-bond donors (Lipinski definition) is 2. The van der Waals surface area contributed by atoms with Crippen LogP contribution in [0.25, 0.3) is 0 Å². The molecule has 0 spiro atoms. The lowest BCUT2D eigenvalue weighted by Gasteiger charge is -2.33. The van der Waals surface area contributed by atoms with Gasteiger partial charge in [-0.2, -0.15) is 0 Å². The van der Waals surface area contributed by atoms with Gasteiger partial charge in [-0.1, -0.05) is 23.2 Å². The molecule has 1 aliphatic rings. The summed E-state index contributed by atoms with van der Waals surface area (Å²) in [6.07, 6.45) is 1.04. The number of likely N-dealkylation sites (tertiary alicyclic amines) is 1. The van der Waals surface area contributed by atoms with Crippen LogP contribution < -0.4 is 10.6 Å². The van der Waals surface area contributed by atoms with Gasteiger partial charge in [0.2, 0.25) is 0 Å². The SMILES string of the molecule is CCOC(=O)NC1CCCN(C(=O)NC(C)c2cc(F)c(Cl)cc2Cl)C1. The molecule has 9 heteroatoms. The highest BCUT2D eigenvalue weighted by molar-refractivity contribution is 6.35. The highest BCUT2D eigenvalue weighted by Gasteiger charge is 2.26. The second-order valence-electron chi connectivity index (χ2n) is 6.11. The number of piperidine rings is 1. The Morgan fingerprint density at radius 2 is 2.12 bits per heavy atom. The van der Waals surface area contributed by atoms with Gasteiger partial charge >= 0.3 is 12.1 Å². The van der Waals surface area contributed by atoms with Crippen LogP contribution in [0.4, 0.5) is 14.0 Å². The van der Waals surface area contributed by atoms with Crippen molar-refractivity contribution in [2.75, 3.05) is 19.7 Å². The van der Waals surface area contributed by atoms with Crippen molar-refractivity contribution in [3.63, 3.8) is 0 Å². The summed E-state index contributed by atoms with van der Waals surface area (Å²) in [7, 11) is 0. The van der Waals surface area contributed by atoms with Gasteiger partial charge in [0.1, 0.15) is 5.82 Å². The number of carbonyl (C=O) groups is 2. The number of nitrogens with one attached hydrogen (secondary N) is 2. The number of hydrogen-bond acceptors (Lipinski definition) is 3. The lowest BCUT2D eigenvalue weighted by atomic mass is 10.1. The normalized spacial score (nSPS) is 18.2. The van der Waals surface area contributed by atoms with E-state index in [0.717, 1.165) is 12.8 Å². The van der Waals surface area contributed by atoms with Crippen LogP contribution in [0.3, 0.4) is 0 Å². The van der Waals surface area contributed by atoms with E-state index in [1.165, 1.54) is 12.1 Å². The number of carbonyl (C=O) groups excluding carboxylic acids is 2. The predicted molar refractivity (Wildman–Crippen MR) is 98.1 cm³/mol. The van der Waals surface area contributed by atoms with Crippen LogP contribution in [0.15, 0.2) is 12.1 Å². The van der Waals surface area contributed by atoms with Crippen molar-refractivity contribution < 1.29 is 18.7 Å². The van der Waals surface area contributed by atoms with Crippen LogP contribution in [0.2, 0.25) is 10.0 Å². The number of nitrogens with zero attached hydrogens (tertiary/aromatic N) is 1. The third-order valence-electron chi connectivity index (χ3n) is 4.15. The minimum Gasteiger partial charge on any atom is -0.450 e. The molecule has 0 radical (unpaired) electrons. The Bertz CT molecular complexity index is 675. The van der Waals surface area contributed by atoms with Crippen molar-refractivity contribution in [2.24, 2.45) is 0 Å². The summed E-state index contributed by atoms with van der Waals surface area (Å²) in [6, 6.07) is 1.56. The Labute approximate surface area is 162 Å². The Morgan fingerprint density at radius 1 is 1.38 bits per heavy atom. The lowest BCUT2D eigenvalue weighted by molar-refractivity contribution is 0.135. The fraction of sp³-hybridized carbons (Fsp3) is 0.529. The largest absolute Gasteiger partial charge is 0.450 e. The molecule has 2 rings (SSSR count). The highest BCUT2D eigenvalue weighted by Crippen LogP contribution is 2.28. The molecular formula is C17H22Cl2FN3O3. The number of benzene rings is 1. The molecule has 1 heterocycles.